The monoisotopic (exact) mass is 303 g/mol. The number of fused-ring (bicyclic) bond motifs is 1. The Hall–Kier alpha value is -1.99. The summed E-state index contributed by atoms with van der Waals surface area (Å²) >= 11 is 1.75. The molecule has 110 valence electrons. The minimum absolute atomic E-state index is 0.0396. The van der Waals surface area contributed by atoms with Crippen LogP contribution < -0.4 is 10.9 Å². The fourth-order valence-electron chi connectivity index (χ4n) is 2.21. The van der Waals surface area contributed by atoms with Crippen LogP contribution >= 0.6 is 11.3 Å². The highest BCUT2D eigenvalue weighted by Crippen LogP contribution is 2.14. The first-order valence-corrected chi connectivity index (χ1v) is 7.65. The van der Waals surface area contributed by atoms with E-state index in [2.05, 4.69) is 33.8 Å². The molecule has 0 aliphatic carbocycles. The first-order valence-electron chi connectivity index (χ1n) is 6.77. The first kappa shape index (κ1) is 14.0. The van der Waals surface area contributed by atoms with Gasteiger partial charge in [-0.15, -0.1) is 11.3 Å². The van der Waals surface area contributed by atoms with E-state index >= 15 is 0 Å². The normalized spacial score (nSPS) is 11.3. The Morgan fingerprint density at radius 3 is 3.05 bits per heavy atom. The molecule has 0 aliphatic heterocycles. The minimum Gasteiger partial charge on any atom is -0.310 e. The summed E-state index contributed by atoms with van der Waals surface area (Å²) in [5.41, 5.74) is 1.89. The molecule has 0 spiro atoms. The van der Waals surface area contributed by atoms with Gasteiger partial charge in [-0.3, -0.25) is 14.0 Å². The van der Waals surface area contributed by atoms with Crippen molar-refractivity contribution in [3.8, 4) is 0 Å². The predicted molar refractivity (Wildman–Crippen MR) is 83.5 cm³/mol. The highest BCUT2D eigenvalue weighted by molar-refractivity contribution is 7.10. The molecular weight excluding hydrogens is 286 g/mol. The van der Waals surface area contributed by atoms with Crippen LogP contribution in [-0.4, -0.2) is 25.9 Å². The summed E-state index contributed by atoms with van der Waals surface area (Å²) in [5.74, 6) is 0. The molecular formula is C14H17N5OS. The van der Waals surface area contributed by atoms with E-state index in [4.69, 9.17) is 0 Å². The summed E-state index contributed by atoms with van der Waals surface area (Å²) in [7, 11) is 1.78. The van der Waals surface area contributed by atoms with Crippen molar-refractivity contribution >= 4 is 22.4 Å². The second-order valence-electron chi connectivity index (χ2n) is 4.95. The van der Waals surface area contributed by atoms with Crippen LogP contribution in [0.3, 0.4) is 0 Å². The van der Waals surface area contributed by atoms with Crippen LogP contribution in [0.4, 0.5) is 0 Å². The largest absolute Gasteiger partial charge is 0.310 e. The van der Waals surface area contributed by atoms with Gasteiger partial charge in [-0.1, -0.05) is 0 Å². The molecule has 3 rings (SSSR count). The Labute approximate surface area is 126 Å². The van der Waals surface area contributed by atoms with Gasteiger partial charge in [-0.05, 0) is 23.9 Å². The molecule has 0 unspecified atom stereocenters. The highest BCUT2D eigenvalue weighted by atomic mass is 32.1. The molecule has 3 heterocycles. The summed E-state index contributed by atoms with van der Waals surface area (Å²) in [6.07, 6.45) is 3.16. The van der Waals surface area contributed by atoms with Crippen LogP contribution in [0, 0.1) is 6.92 Å². The summed E-state index contributed by atoms with van der Waals surface area (Å²) in [6, 6.07) is 2.12. The van der Waals surface area contributed by atoms with E-state index in [1.54, 1.807) is 40.2 Å². The van der Waals surface area contributed by atoms with Gasteiger partial charge in [0, 0.05) is 31.6 Å². The van der Waals surface area contributed by atoms with Crippen LogP contribution in [0.15, 0.2) is 28.8 Å². The van der Waals surface area contributed by atoms with E-state index in [1.807, 2.05) is 0 Å². The van der Waals surface area contributed by atoms with Gasteiger partial charge in [-0.2, -0.15) is 5.10 Å². The molecule has 3 aromatic rings. The molecule has 0 bridgehead atoms. The Morgan fingerprint density at radius 2 is 2.29 bits per heavy atom. The Balaban J connectivity index is 1.64. The molecule has 0 saturated carbocycles. The molecule has 0 aliphatic rings. The second kappa shape index (κ2) is 5.79. The van der Waals surface area contributed by atoms with Crippen molar-refractivity contribution < 1.29 is 0 Å². The lowest BCUT2D eigenvalue weighted by Crippen LogP contribution is -2.27. The average Bonchev–Trinajstić information content (AvgIpc) is 3.04. The van der Waals surface area contributed by atoms with E-state index in [-0.39, 0.29) is 5.56 Å². The predicted octanol–water partition coefficient (Wildman–Crippen LogP) is 1.29. The molecule has 3 aromatic heterocycles. The number of rotatable bonds is 5. The molecule has 0 fully saturated rings. The van der Waals surface area contributed by atoms with E-state index < -0.39 is 0 Å². The maximum absolute atomic E-state index is 12.3. The SMILES string of the molecule is Cc1ccsc1CNCCn1cnc2c(cnn2C)c1=O. The minimum atomic E-state index is -0.0396. The van der Waals surface area contributed by atoms with Crippen LogP contribution in [0.5, 0.6) is 0 Å². The van der Waals surface area contributed by atoms with Gasteiger partial charge in [0.15, 0.2) is 5.65 Å². The maximum Gasteiger partial charge on any atom is 0.264 e. The van der Waals surface area contributed by atoms with Crippen LogP contribution in [0.2, 0.25) is 0 Å². The van der Waals surface area contributed by atoms with Gasteiger partial charge in [0.05, 0.1) is 6.20 Å². The topological polar surface area (TPSA) is 64.7 Å². The summed E-state index contributed by atoms with van der Waals surface area (Å²) in [6.45, 7) is 4.27. The number of hydrogen-bond acceptors (Lipinski definition) is 5. The number of thiophene rings is 1. The zero-order valence-electron chi connectivity index (χ0n) is 12.0. The average molecular weight is 303 g/mol. The number of nitrogens with zero attached hydrogens (tertiary/aromatic N) is 4. The van der Waals surface area contributed by atoms with E-state index in [0.29, 0.717) is 17.6 Å². The van der Waals surface area contributed by atoms with Crippen LogP contribution in [0.1, 0.15) is 10.4 Å². The van der Waals surface area contributed by atoms with Gasteiger partial charge in [0.2, 0.25) is 0 Å². The smallest absolute Gasteiger partial charge is 0.264 e. The Bertz CT molecular complexity index is 816. The zero-order chi connectivity index (χ0) is 14.8. The number of aromatic nitrogens is 4. The molecule has 1 N–H and O–H groups in total. The van der Waals surface area contributed by atoms with Crippen molar-refractivity contribution in [3.05, 3.63) is 44.8 Å². The number of aryl methyl sites for hydroxylation is 2. The van der Waals surface area contributed by atoms with Gasteiger partial charge >= 0.3 is 0 Å². The lowest BCUT2D eigenvalue weighted by atomic mass is 10.3. The molecule has 7 heteroatoms. The van der Waals surface area contributed by atoms with Crippen molar-refractivity contribution in [1.29, 1.82) is 0 Å². The Morgan fingerprint density at radius 1 is 1.43 bits per heavy atom. The van der Waals surface area contributed by atoms with Gasteiger partial charge < -0.3 is 5.32 Å². The maximum atomic E-state index is 12.3. The number of nitrogens with one attached hydrogen (secondary N) is 1. The van der Waals surface area contributed by atoms with Crippen molar-refractivity contribution in [2.75, 3.05) is 6.54 Å². The lowest BCUT2D eigenvalue weighted by molar-refractivity contribution is 0.583. The molecule has 0 aromatic carbocycles. The van der Waals surface area contributed by atoms with E-state index in [0.717, 1.165) is 13.1 Å². The summed E-state index contributed by atoms with van der Waals surface area (Å²) in [5, 5.41) is 10.1. The molecule has 6 nitrogen and oxygen atoms in total. The summed E-state index contributed by atoms with van der Waals surface area (Å²) < 4.78 is 3.23. The second-order valence-corrected chi connectivity index (χ2v) is 5.95. The van der Waals surface area contributed by atoms with Gasteiger partial charge in [-0.25, -0.2) is 4.98 Å². The molecule has 0 saturated heterocycles. The standard InChI is InChI=1S/C14H17N5OS/c1-10-3-6-21-12(10)8-15-4-5-19-9-16-13-11(14(19)20)7-17-18(13)2/h3,6-7,9,15H,4-5,8H2,1-2H3. The quantitative estimate of drug-likeness (QED) is 0.721. The third-order valence-electron chi connectivity index (χ3n) is 3.50. The lowest BCUT2D eigenvalue weighted by Gasteiger charge is -2.07. The molecule has 0 atom stereocenters. The molecule has 0 amide bonds. The fourth-order valence-corrected chi connectivity index (χ4v) is 3.09. The van der Waals surface area contributed by atoms with E-state index in [1.165, 1.54) is 10.4 Å². The van der Waals surface area contributed by atoms with Crippen LogP contribution in [0.25, 0.3) is 11.0 Å². The van der Waals surface area contributed by atoms with Gasteiger partial charge in [0.1, 0.15) is 11.7 Å². The molecule has 21 heavy (non-hydrogen) atoms. The molecule has 0 radical (unpaired) electrons. The number of hydrogen-bond donors (Lipinski definition) is 1. The third kappa shape index (κ3) is 2.74. The third-order valence-corrected chi connectivity index (χ3v) is 4.52. The first-order chi connectivity index (χ1) is 10.2. The van der Waals surface area contributed by atoms with Crippen LogP contribution in [-0.2, 0) is 20.1 Å². The van der Waals surface area contributed by atoms with E-state index in [9.17, 15) is 4.79 Å². The van der Waals surface area contributed by atoms with Crippen molar-refractivity contribution in [2.24, 2.45) is 7.05 Å². The Kier molecular flexibility index (Phi) is 3.85. The summed E-state index contributed by atoms with van der Waals surface area (Å²) in [4.78, 5) is 17.9. The van der Waals surface area contributed by atoms with Crippen molar-refractivity contribution in [2.45, 2.75) is 20.0 Å². The zero-order valence-corrected chi connectivity index (χ0v) is 12.9. The fraction of sp³-hybridized carbons (Fsp3) is 0.357. The van der Waals surface area contributed by atoms with Crippen molar-refractivity contribution in [3.63, 3.8) is 0 Å². The highest BCUT2D eigenvalue weighted by Gasteiger charge is 2.07. The van der Waals surface area contributed by atoms with Crippen molar-refractivity contribution in [1.82, 2.24) is 24.6 Å². The van der Waals surface area contributed by atoms with Gasteiger partial charge in [0.25, 0.3) is 5.56 Å².